The van der Waals surface area contributed by atoms with Gasteiger partial charge in [0.25, 0.3) is 0 Å². The molecule has 0 radical (unpaired) electrons. The first-order valence-corrected chi connectivity index (χ1v) is 7.58. The zero-order valence-electron chi connectivity index (χ0n) is 10.4. The molecule has 17 heavy (non-hydrogen) atoms. The Morgan fingerprint density at radius 2 is 1.94 bits per heavy atom. The van der Waals surface area contributed by atoms with Crippen molar-refractivity contribution in [3.8, 4) is 0 Å². The summed E-state index contributed by atoms with van der Waals surface area (Å²) in [5.41, 5.74) is 1.87. The number of alkyl halides is 1. The minimum absolute atomic E-state index is 0.448. The molecular formula is C14H19BrClN. The molecule has 1 fully saturated rings. The molecule has 1 aromatic carbocycles. The summed E-state index contributed by atoms with van der Waals surface area (Å²) in [5, 5.41) is 1.93. The molecule has 0 heterocycles. The van der Waals surface area contributed by atoms with Gasteiger partial charge in [-0.1, -0.05) is 39.7 Å². The van der Waals surface area contributed by atoms with Crippen molar-refractivity contribution >= 4 is 27.5 Å². The topological polar surface area (TPSA) is 3.24 Å². The summed E-state index contributed by atoms with van der Waals surface area (Å²) >= 11 is 9.55. The van der Waals surface area contributed by atoms with E-state index in [2.05, 4.69) is 46.9 Å². The van der Waals surface area contributed by atoms with Crippen LogP contribution in [0.3, 0.4) is 0 Å². The highest BCUT2D eigenvalue weighted by atomic mass is 79.9. The number of hydrogen-bond donors (Lipinski definition) is 0. The van der Waals surface area contributed by atoms with E-state index >= 15 is 0 Å². The lowest BCUT2D eigenvalue weighted by Crippen LogP contribution is -2.30. The number of benzene rings is 1. The highest BCUT2D eigenvalue weighted by Gasteiger charge is 2.42. The number of rotatable bonds is 5. The van der Waals surface area contributed by atoms with Crippen LogP contribution in [0.15, 0.2) is 24.3 Å². The van der Waals surface area contributed by atoms with E-state index in [1.165, 1.54) is 24.9 Å². The van der Waals surface area contributed by atoms with E-state index in [1.807, 2.05) is 12.1 Å². The van der Waals surface area contributed by atoms with Gasteiger partial charge in [0, 0.05) is 22.9 Å². The van der Waals surface area contributed by atoms with Crippen LogP contribution < -0.4 is 0 Å². The van der Waals surface area contributed by atoms with Crippen molar-refractivity contribution < 1.29 is 0 Å². The van der Waals surface area contributed by atoms with E-state index in [0.29, 0.717) is 11.5 Å². The summed E-state index contributed by atoms with van der Waals surface area (Å²) in [5.74, 6) is 0. The summed E-state index contributed by atoms with van der Waals surface area (Å²) in [6.07, 6.45) is 2.71. The van der Waals surface area contributed by atoms with E-state index in [-0.39, 0.29) is 0 Å². The quantitative estimate of drug-likeness (QED) is 0.723. The van der Waals surface area contributed by atoms with Gasteiger partial charge in [-0.2, -0.15) is 0 Å². The molecule has 1 nitrogen and oxygen atoms in total. The standard InChI is InChI=1S/C14H19BrClN/c1-11(12-3-5-13(16)6-4-12)17(2)10-14(9-15)7-8-14/h3-6,11H,7-10H2,1-2H3. The largest absolute Gasteiger partial charge is 0.299 e. The zero-order chi connectivity index (χ0) is 12.5. The van der Waals surface area contributed by atoms with E-state index < -0.39 is 0 Å². The lowest BCUT2D eigenvalue weighted by atomic mass is 10.0. The average Bonchev–Trinajstić information content (AvgIpc) is 3.09. The van der Waals surface area contributed by atoms with E-state index in [4.69, 9.17) is 11.6 Å². The Morgan fingerprint density at radius 1 is 1.35 bits per heavy atom. The van der Waals surface area contributed by atoms with Crippen molar-refractivity contribution in [2.75, 3.05) is 18.9 Å². The highest BCUT2D eigenvalue weighted by molar-refractivity contribution is 9.09. The van der Waals surface area contributed by atoms with Gasteiger partial charge in [-0.05, 0) is 49.9 Å². The molecule has 0 amide bonds. The molecule has 1 atom stereocenters. The minimum atomic E-state index is 0.448. The van der Waals surface area contributed by atoms with Gasteiger partial charge in [0.1, 0.15) is 0 Å². The Balaban J connectivity index is 1.99. The Hall–Kier alpha value is -0.0500. The second kappa shape index (κ2) is 5.29. The molecule has 94 valence electrons. The van der Waals surface area contributed by atoms with Crippen LogP contribution in [0, 0.1) is 5.41 Å². The fraction of sp³-hybridized carbons (Fsp3) is 0.571. The molecule has 0 bridgehead atoms. The lowest BCUT2D eigenvalue weighted by Gasteiger charge is -2.28. The van der Waals surface area contributed by atoms with Gasteiger partial charge in [-0.15, -0.1) is 0 Å². The van der Waals surface area contributed by atoms with Crippen molar-refractivity contribution in [1.29, 1.82) is 0 Å². The fourth-order valence-electron chi connectivity index (χ4n) is 2.17. The second-order valence-corrected chi connectivity index (χ2v) is 6.27. The van der Waals surface area contributed by atoms with Crippen LogP contribution in [0.2, 0.25) is 5.02 Å². The van der Waals surface area contributed by atoms with Crippen LogP contribution in [-0.4, -0.2) is 23.8 Å². The first-order chi connectivity index (χ1) is 8.06. The van der Waals surface area contributed by atoms with Crippen molar-refractivity contribution in [3.05, 3.63) is 34.9 Å². The molecule has 1 unspecified atom stereocenters. The maximum Gasteiger partial charge on any atom is 0.0406 e. The van der Waals surface area contributed by atoms with E-state index in [1.54, 1.807) is 0 Å². The normalized spacial score (nSPS) is 19.4. The van der Waals surface area contributed by atoms with Crippen molar-refractivity contribution in [1.82, 2.24) is 4.90 Å². The molecule has 0 aromatic heterocycles. The first-order valence-electron chi connectivity index (χ1n) is 6.08. The summed E-state index contributed by atoms with van der Waals surface area (Å²) in [6, 6.07) is 8.63. The molecule has 1 saturated carbocycles. The highest BCUT2D eigenvalue weighted by Crippen LogP contribution is 2.48. The molecule has 1 aromatic rings. The van der Waals surface area contributed by atoms with Gasteiger partial charge in [-0.3, -0.25) is 4.90 Å². The molecule has 1 aliphatic carbocycles. The lowest BCUT2D eigenvalue weighted by molar-refractivity contribution is 0.220. The smallest absolute Gasteiger partial charge is 0.0406 e. The Morgan fingerprint density at radius 3 is 2.41 bits per heavy atom. The van der Waals surface area contributed by atoms with Crippen LogP contribution >= 0.6 is 27.5 Å². The van der Waals surface area contributed by atoms with E-state index in [0.717, 1.165) is 10.4 Å². The molecule has 3 heteroatoms. The van der Waals surface area contributed by atoms with Crippen molar-refractivity contribution in [3.63, 3.8) is 0 Å². The second-order valence-electron chi connectivity index (χ2n) is 5.28. The van der Waals surface area contributed by atoms with E-state index in [9.17, 15) is 0 Å². The summed E-state index contributed by atoms with van der Waals surface area (Å²) < 4.78 is 0. The van der Waals surface area contributed by atoms with Crippen LogP contribution in [0.25, 0.3) is 0 Å². The Labute approximate surface area is 117 Å². The third kappa shape index (κ3) is 3.24. The van der Waals surface area contributed by atoms with Gasteiger partial charge >= 0.3 is 0 Å². The Kier molecular flexibility index (Phi) is 4.17. The third-order valence-corrected chi connectivity index (χ3v) is 5.28. The maximum atomic E-state index is 5.92. The molecule has 1 aliphatic rings. The summed E-state index contributed by atoms with van der Waals surface area (Å²) in [4.78, 5) is 2.44. The molecule has 2 rings (SSSR count). The average molecular weight is 317 g/mol. The molecule has 0 spiro atoms. The number of nitrogens with zero attached hydrogens (tertiary/aromatic N) is 1. The van der Waals surface area contributed by atoms with Gasteiger partial charge in [0.05, 0.1) is 0 Å². The fourth-order valence-corrected chi connectivity index (χ4v) is 3.04. The first kappa shape index (κ1) is 13.4. The van der Waals surface area contributed by atoms with Crippen LogP contribution in [0.1, 0.15) is 31.4 Å². The monoisotopic (exact) mass is 315 g/mol. The molecule has 0 aliphatic heterocycles. The SMILES string of the molecule is CC(c1ccc(Cl)cc1)N(C)CC1(CBr)CC1. The zero-order valence-corrected chi connectivity index (χ0v) is 12.8. The van der Waals surface area contributed by atoms with Crippen LogP contribution in [0.4, 0.5) is 0 Å². The Bertz CT molecular complexity index is 372. The predicted molar refractivity (Wildman–Crippen MR) is 78.0 cm³/mol. The predicted octanol–water partition coefficient (Wildman–Crippen LogP) is 4.51. The van der Waals surface area contributed by atoms with Gasteiger partial charge < -0.3 is 0 Å². The molecule has 0 saturated heterocycles. The van der Waals surface area contributed by atoms with Gasteiger partial charge in [0.15, 0.2) is 0 Å². The molecular weight excluding hydrogens is 298 g/mol. The van der Waals surface area contributed by atoms with Crippen LogP contribution in [0.5, 0.6) is 0 Å². The minimum Gasteiger partial charge on any atom is -0.299 e. The maximum absolute atomic E-state index is 5.92. The summed E-state index contributed by atoms with van der Waals surface area (Å²) in [7, 11) is 2.21. The van der Waals surface area contributed by atoms with Crippen LogP contribution in [-0.2, 0) is 0 Å². The van der Waals surface area contributed by atoms with Crippen molar-refractivity contribution in [2.45, 2.75) is 25.8 Å². The summed E-state index contributed by atoms with van der Waals surface area (Å²) in [6.45, 7) is 3.43. The van der Waals surface area contributed by atoms with Gasteiger partial charge in [0.2, 0.25) is 0 Å². The third-order valence-electron chi connectivity index (χ3n) is 3.84. The molecule has 0 N–H and O–H groups in total. The van der Waals surface area contributed by atoms with Gasteiger partial charge in [-0.25, -0.2) is 0 Å². The number of halogens is 2. The van der Waals surface area contributed by atoms with Crippen molar-refractivity contribution in [2.24, 2.45) is 5.41 Å². The number of hydrogen-bond acceptors (Lipinski definition) is 1.